The summed E-state index contributed by atoms with van der Waals surface area (Å²) in [6, 6.07) is 20.4. The number of nitrogens with one attached hydrogen (secondary N) is 1. The normalized spacial score (nSPS) is 14.6. The van der Waals surface area contributed by atoms with Gasteiger partial charge in [-0.2, -0.15) is 0 Å². The molecule has 6 heteroatoms. The maximum absolute atomic E-state index is 12.8. The molecule has 4 rings (SSSR count). The van der Waals surface area contributed by atoms with Gasteiger partial charge in [-0.25, -0.2) is 0 Å². The minimum Gasteiger partial charge on any atom is -0.349 e. The predicted molar refractivity (Wildman–Crippen MR) is 121 cm³/mol. The molecule has 1 aromatic heterocycles. The van der Waals surface area contributed by atoms with Gasteiger partial charge in [0, 0.05) is 11.6 Å². The Labute approximate surface area is 182 Å². The van der Waals surface area contributed by atoms with E-state index in [2.05, 4.69) is 58.2 Å². The van der Waals surface area contributed by atoms with Crippen molar-refractivity contribution in [2.75, 3.05) is 5.75 Å². The van der Waals surface area contributed by atoms with Crippen molar-refractivity contribution >= 4 is 17.7 Å². The molecule has 3 aromatic rings. The minimum absolute atomic E-state index is 0.0186. The van der Waals surface area contributed by atoms with Crippen molar-refractivity contribution in [1.82, 2.24) is 20.1 Å². The summed E-state index contributed by atoms with van der Waals surface area (Å²) in [5.41, 5.74) is 2.20. The molecule has 1 heterocycles. The summed E-state index contributed by atoms with van der Waals surface area (Å²) >= 11 is 1.45. The molecule has 1 atom stereocenters. The molecule has 1 amide bonds. The number of hydrogen-bond donors (Lipinski definition) is 1. The summed E-state index contributed by atoms with van der Waals surface area (Å²) in [6.45, 7) is 4.36. The molecular weight excluding hydrogens is 392 g/mol. The Morgan fingerprint density at radius 1 is 1.07 bits per heavy atom. The molecule has 156 valence electrons. The van der Waals surface area contributed by atoms with Crippen molar-refractivity contribution in [1.29, 1.82) is 0 Å². The SMILES string of the molecule is CC(C)CC(NC(=O)CSc1nnc(C2CC2)n1-c1ccccc1)c1ccccc1. The van der Waals surface area contributed by atoms with Crippen LogP contribution in [0.5, 0.6) is 0 Å². The van der Waals surface area contributed by atoms with Crippen LogP contribution in [0.3, 0.4) is 0 Å². The molecule has 1 aliphatic rings. The Morgan fingerprint density at radius 3 is 2.37 bits per heavy atom. The second-order valence-electron chi connectivity index (χ2n) is 8.24. The molecule has 0 bridgehead atoms. The molecule has 1 aliphatic carbocycles. The van der Waals surface area contributed by atoms with E-state index in [1.807, 2.05) is 36.4 Å². The number of carbonyl (C=O) groups is 1. The number of hydrogen-bond acceptors (Lipinski definition) is 4. The van der Waals surface area contributed by atoms with Crippen LogP contribution >= 0.6 is 11.8 Å². The van der Waals surface area contributed by atoms with Crippen LogP contribution in [0.1, 0.15) is 56.5 Å². The summed E-state index contributed by atoms with van der Waals surface area (Å²) in [6.07, 6.45) is 3.22. The van der Waals surface area contributed by atoms with Gasteiger partial charge in [-0.15, -0.1) is 10.2 Å². The number of carbonyl (C=O) groups excluding carboxylic acids is 1. The van der Waals surface area contributed by atoms with Crippen LogP contribution in [0.25, 0.3) is 5.69 Å². The van der Waals surface area contributed by atoms with Gasteiger partial charge in [0.25, 0.3) is 0 Å². The fourth-order valence-electron chi connectivity index (χ4n) is 3.60. The number of nitrogens with zero attached hydrogens (tertiary/aromatic N) is 3. The standard InChI is InChI=1S/C24H28N4OS/c1-17(2)15-21(18-9-5-3-6-10-18)25-22(29)16-30-24-27-26-23(19-13-14-19)28(24)20-11-7-4-8-12-20/h3-12,17,19,21H,13-16H2,1-2H3,(H,25,29). The van der Waals surface area contributed by atoms with E-state index in [1.165, 1.54) is 11.8 Å². The summed E-state index contributed by atoms with van der Waals surface area (Å²) in [5, 5.41) is 12.8. The van der Waals surface area contributed by atoms with Crippen molar-refractivity contribution in [3.63, 3.8) is 0 Å². The van der Waals surface area contributed by atoms with Crippen molar-refractivity contribution in [3.8, 4) is 5.69 Å². The maximum Gasteiger partial charge on any atom is 0.230 e. The minimum atomic E-state index is 0.0186. The van der Waals surface area contributed by atoms with Crippen molar-refractivity contribution in [3.05, 3.63) is 72.1 Å². The zero-order valence-corrected chi connectivity index (χ0v) is 18.3. The first-order chi connectivity index (χ1) is 14.6. The average Bonchev–Trinajstić information content (AvgIpc) is 3.52. The second kappa shape index (κ2) is 9.47. The van der Waals surface area contributed by atoms with Crippen LogP contribution in [0.4, 0.5) is 0 Å². The smallest absolute Gasteiger partial charge is 0.230 e. The highest BCUT2D eigenvalue weighted by molar-refractivity contribution is 7.99. The lowest BCUT2D eigenvalue weighted by Gasteiger charge is -2.21. The first-order valence-corrected chi connectivity index (χ1v) is 11.6. The fourth-order valence-corrected chi connectivity index (χ4v) is 4.37. The monoisotopic (exact) mass is 420 g/mol. The molecule has 0 aliphatic heterocycles. The van der Waals surface area contributed by atoms with Gasteiger partial charge in [-0.1, -0.05) is 74.1 Å². The average molecular weight is 421 g/mol. The Morgan fingerprint density at radius 2 is 1.73 bits per heavy atom. The Balaban J connectivity index is 1.46. The van der Waals surface area contributed by atoms with Crippen LogP contribution in [0.2, 0.25) is 0 Å². The molecule has 0 saturated heterocycles. The lowest BCUT2D eigenvalue weighted by Crippen LogP contribution is -2.31. The second-order valence-corrected chi connectivity index (χ2v) is 9.18. The third-order valence-electron chi connectivity index (χ3n) is 5.19. The molecule has 0 radical (unpaired) electrons. The van der Waals surface area contributed by atoms with E-state index in [0.29, 0.717) is 17.6 Å². The third kappa shape index (κ3) is 5.11. The van der Waals surface area contributed by atoms with E-state index >= 15 is 0 Å². The molecule has 1 unspecified atom stereocenters. The largest absolute Gasteiger partial charge is 0.349 e. The van der Waals surface area contributed by atoms with Crippen molar-refractivity contribution in [2.24, 2.45) is 5.92 Å². The highest BCUT2D eigenvalue weighted by Crippen LogP contribution is 2.41. The van der Waals surface area contributed by atoms with Gasteiger partial charge >= 0.3 is 0 Å². The highest BCUT2D eigenvalue weighted by Gasteiger charge is 2.31. The van der Waals surface area contributed by atoms with E-state index in [9.17, 15) is 4.79 Å². The van der Waals surface area contributed by atoms with Crippen LogP contribution < -0.4 is 5.32 Å². The Hall–Kier alpha value is -2.60. The van der Waals surface area contributed by atoms with Gasteiger partial charge in [0.1, 0.15) is 5.82 Å². The zero-order chi connectivity index (χ0) is 20.9. The molecule has 0 spiro atoms. The predicted octanol–water partition coefficient (Wildman–Crippen LogP) is 5.14. The summed E-state index contributed by atoms with van der Waals surface area (Å²) < 4.78 is 2.11. The lowest BCUT2D eigenvalue weighted by atomic mass is 9.97. The number of rotatable bonds is 9. The van der Waals surface area contributed by atoms with Crippen LogP contribution in [-0.2, 0) is 4.79 Å². The van der Waals surface area contributed by atoms with Crippen LogP contribution in [0.15, 0.2) is 65.8 Å². The summed E-state index contributed by atoms with van der Waals surface area (Å²) in [4.78, 5) is 12.8. The van der Waals surface area contributed by atoms with Gasteiger partial charge in [0.2, 0.25) is 5.91 Å². The van der Waals surface area contributed by atoms with Gasteiger partial charge in [-0.3, -0.25) is 9.36 Å². The van der Waals surface area contributed by atoms with E-state index < -0.39 is 0 Å². The Kier molecular flexibility index (Phi) is 6.53. The molecule has 1 N–H and O–H groups in total. The number of thioether (sulfide) groups is 1. The first-order valence-electron chi connectivity index (χ1n) is 10.6. The Bertz CT molecular complexity index is 967. The first kappa shape index (κ1) is 20.7. The number of benzene rings is 2. The van der Waals surface area contributed by atoms with E-state index in [1.54, 1.807) is 0 Å². The van der Waals surface area contributed by atoms with Gasteiger partial charge in [0.05, 0.1) is 11.8 Å². The number of amides is 1. The molecule has 1 saturated carbocycles. The van der Waals surface area contributed by atoms with E-state index in [-0.39, 0.29) is 11.9 Å². The third-order valence-corrected chi connectivity index (χ3v) is 6.12. The molecule has 30 heavy (non-hydrogen) atoms. The van der Waals surface area contributed by atoms with Gasteiger partial charge in [0.15, 0.2) is 5.16 Å². The molecular formula is C24H28N4OS. The zero-order valence-electron chi connectivity index (χ0n) is 17.5. The number of aromatic nitrogens is 3. The van der Waals surface area contributed by atoms with Crippen LogP contribution in [0, 0.1) is 5.92 Å². The van der Waals surface area contributed by atoms with Crippen LogP contribution in [-0.4, -0.2) is 26.4 Å². The fraction of sp³-hybridized carbons (Fsp3) is 0.375. The lowest BCUT2D eigenvalue weighted by molar-refractivity contribution is -0.119. The summed E-state index contributed by atoms with van der Waals surface area (Å²) in [7, 11) is 0. The summed E-state index contributed by atoms with van der Waals surface area (Å²) in [5.74, 6) is 2.31. The topological polar surface area (TPSA) is 59.8 Å². The van der Waals surface area contributed by atoms with Crippen molar-refractivity contribution < 1.29 is 4.79 Å². The van der Waals surface area contributed by atoms with E-state index in [4.69, 9.17) is 0 Å². The van der Waals surface area contributed by atoms with Gasteiger partial charge < -0.3 is 5.32 Å². The molecule has 1 fully saturated rings. The van der Waals surface area contributed by atoms with Crippen molar-refractivity contribution in [2.45, 2.75) is 50.2 Å². The quantitative estimate of drug-likeness (QED) is 0.487. The maximum atomic E-state index is 12.8. The number of para-hydroxylation sites is 1. The molecule has 5 nitrogen and oxygen atoms in total. The van der Waals surface area contributed by atoms with Gasteiger partial charge in [-0.05, 0) is 42.9 Å². The highest BCUT2D eigenvalue weighted by atomic mass is 32.2. The van der Waals surface area contributed by atoms with E-state index in [0.717, 1.165) is 41.5 Å². The molecule has 2 aromatic carbocycles.